The summed E-state index contributed by atoms with van der Waals surface area (Å²) in [7, 11) is -3.69. The topological polar surface area (TPSA) is 68.3 Å². The maximum absolute atomic E-state index is 12.7. The zero-order chi connectivity index (χ0) is 22.6. The first-order valence-electron chi connectivity index (χ1n) is 9.64. The molecule has 1 N–H and O–H groups in total. The molecular weight excluding hydrogens is 467 g/mol. The lowest BCUT2D eigenvalue weighted by molar-refractivity contribution is 0.462. The lowest BCUT2D eigenvalue weighted by Gasteiger charge is -2.10. The molecule has 1 heterocycles. The monoisotopic (exact) mass is 484 g/mol. The van der Waals surface area contributed by atoms with Crippen molar-refractivity contribution in [1.82, 2.24) is 9.71 Å². The summed E-state index contributed by atoms with van der Waals surface area (Å²) in [5, 5.41) is 0.908. The molecule has 8 heteroatoms. The van der Waals surface area contributed by atoms with Crippen LogP contribution in [0.4, 0.5) is 0 Å². The Hall–Kier alpha value is -2.90. The highest BCUT2D eigenvalue weighted by Gasteiger charge is 2.14. The Labute approximate surface area is 196 Å². The third-order valence-electron chi connectivity index (χ3n) is 4.64. The van der Waals surface area contributed by atoms with Gasteiger partial charge in [0.1, 0.15) is 5.75 Å². The standard InChI is InChI=1S/C24H18Cl2N2O3S/c25-22-12-9-19(15-23(22)26)18-7-10-21(11-8-18)32(29,30)28-16-17-4-3-5-20(14-17)31-24-6-1-2-13-27-24/h1-15,28H,16H2. The zero-order valence-corrected chi connectivity index (χ0v) is 19.0. The van der Waals surface area contributed by atoms with Crippen LogP contribution in [-0.4, -0.2) is 13.4 Å². The van der Waals surface area contributed by atoms with Crippen molar-refractivity contribution in [3.63, 3.8) is 0 Å². The number of halogens is 2. The minimum absolute atomic E-state index is 0.121. The van der Waals surface area contributed by atoms with E-state index in [4.69, 9.17) is 27.9 Å². The summed E-state index contributed by atoms with van der Waals surface area (Å²) in [4.78, 5) is 4.29. The highest BCUT2D eigenvalue weighted by molar-refractivity contribution is 7.89. The van der Waals surface area contributed by atoms with Crippen molar-refractivity contribution in [2.75, 3.05) is 0 Å². The van der Waals surface area contributed by atoms with Crippen LogP contribution < -0.4 is 9.46 Å². The van der Waals surface area contributed by atoms with Crippen molar-refractivity contribution >= 4 is 33.2 Å². The fraction of sp³-hybridized carbons (Fsp3) is 0.0417. The van der Waals surface area contributed by atoms with Crippen molar-refractivity contribution in [2.45, 2.75) is 11.4 Å². The van der Waals surface area contributed by atoms with Gasteiger partial charge in [-0.25, -0.2) is 18.1 Å². The van der Waals surface area contributed by atoms with Crippen LogP contribution in [0.1, 0.15) is 5.56 Å². The Morgan fingerprint density at radius 1 is 0.812 bits per heavy atom. The van der Waals surface area contributed by atoms with E-state index in [1.807, 2.05) is 18.2 Å². The SMILES string of the molecule is O=S(=O)(NCc1cccc(Oc2ccccn2)c1)c1ccc(-c2ccc(Cl)c(Cl)c2)cc1. The van der Waals surface area contributed by atoms with Gasteiger partial charge in [0.05, 0.1) is 14.9 Å². The highest BCUT2D eigenvalue weighted by atomic mass is 35.5. The third kappa shape index (κ3) is 5.47. The van der Waals surface area contributed by atoms with Crippen LogP contribution in [0.2, 0.25) is 10.0 Å². The molecule has 0 spiro atoms. The molecule has 4 aromatic rings. The Morgan fingerprint density at radius 3 is 2.31 bits per heavy atom. The summed E-state index contributed by atoms with van der Waals surface area (Å²) in [6.07, 6.45) is 1.64. The van der Waals surface area contributed by atoms with Crippen molar-refractivity contribution in [2.24, 2.45) is 0 Å². The van der Waals surface area contributed by atoms with Gasteiger partial charge in [-0.3, -0.25) is 0 Å². The van der Waals surface area contributed by atoms with Crippen molar-refractivity contribution in [1.29, 1.82) is 0 Å². The predicted molar refractivity (Wildman–Crippen MR) is 127 cm³/mol. The fourth-order valence-corrected chi connectivity index (χ4v) is 4.33. The molecule has 0 unspecified atom stereocenters. The second-order valence-electron chi connectivity index (χ2n) is 6.90. The van der Waals surface area contributed by atoms with E-state index in [9.17, 15) is 8.42 Å². The van der Waals surface area contributed by atoms with Gasteiger partial charge in [0.15, 0.2) is 0 Å². The average molecular weight is 485 g/mol. The molecule has 0 aliphatic carbocycles. The number of nitrogens with one attached hydrogen (secondary N) is 1. The molecule has 0 aliphatic heterocycles. The molecule has 3 aromatic carbocycles. The van der Waals surface area contributed by atoms with E-state index in [0.717, 1.165) is 16.7 Å². The van der Waals surface area contributed by atoms with Gasteiger partial charge in [-0.15, -0.1) is 0 Å². The van der Waals surface area contributed by atoms with Gasteiger partial charge in [0.2, 0.25) is 15.9 Å². The average Bonchev–Trinajstić information content (AvgIpc) is 2.81. The summed E-state index contributed by atoms with van der Waals surface area (Å²) < 4.78 is 33.8. The molecule has 1 aromatic heterocycles. The van der Waals surface area contributed by atoms with E-state index >= 15 is 0 Å². The molecule has 0 radical (unpaired) electrons. The number of benzene rings is 3. The van der Waals surface area contributed by atoms with Gasteiger partial charge in [-0.2, -0.15) is 0 Å². The Bertz CT molecular complexity index is 1330. The molecule has 4 rings (SSSR count). The van der Waals surface area contributed by atoms with E-state index in [-0.39, 0.29) is 11.4 Å². The number of rotatable bonds is 7. The summed E-state index contributed by atoms with van der Waals surface area (Å²) >= 11 is 12.0. The molecule has 32 heavy (non-hydrogen) atoms. The number of ether oxygens (including phenoxy) is 1. The maximum atomic E-state index is 12.7. The van der Waals surface area contributed by atoms with E-state index in [2.05, 4.69) is 9.71 Å². The lowest BCUT2D eigenvalue weighted by atomic mass is 10.1. The minimum Gasteiger partial charge on any atom is -0.439 e. The quantitative estimate of drug-likeness (QED) is 0.332. The number of aromatic nitrogens is 1. The lowest BCUT2D eigenvalue weighted by Crippen LogP contribution is -2.23. The second-order valence-corrected chi connectivity index (χ2v) is 9.48. The molecule has 5 nitrogen and oxygen atoms in total. The Morgan fingerprint density at radius 2 is 1.59 bits per heavy atom. The molecular formula is C24H18Cl2N2O3S. The van der Waals surface area contributed by atoms with Gasteiger partial charge in [-0.05, 0) is 59.2 Å². The normalized spacial score (nSPS) is 11.3. The summed E-state index contributed by atoms with van der Waals surface area (Å²) in [6, 6.07) is 24.4. The second kappa shape index (κ2) is 9.71. The molecule has 0 amide bonds. The van der Waals surface area contributed by atoms with Gasteiger partial charge in [0, 0.05) is 18.8 Å². The number of nitrogens with zero attached hydrogens (tertiary/aromatic N) is 1. The van der Waals surface area contributed by atoms with Gasteiger partial charge >= 0.3 is 0 Å². The number of sulfonamides is 1. The Balaban J connectivity index is 1.44. The largest absolute Gasteiger partial charge is 0.439 e. The van der Waals surface area contributed by atoms with E-state index in [1.54, 1.807) is 72.9 Å². The fourth-order valence-electron chi connectivity index (χ4n) is 3.01. The van der Waals surface area contributed by atoms with Crippen LogP contribution in [0.15, 0.2) is 96.0 Å². The highest BCUT2D eigenvalue weighted by Crippen LogP contribution is 2.29. The van der Waals surface area contributed by atoms with Crippen molar-refractivity contribution in [3.8, 4) is 22.8 Å². The first kappa shape index (κ1) is 22.3. The molecule has 0 saturated heterocycles. The Kier molecular flexibility index (Phi) is 6.77. The zero-order valence-electron chi connectivity index (χ0n) is 16.7. The summed E-state index contributed by atoms with van der Waals surface area (Å²) in [5.74, 6) is 1.04. The smallest absolute Gasteiger partial charge is 0.240 e. The summed E-state index contributed by atoms with van der Waals surface area (Å²) in [5.41, 5.74) is 2.44. The molecule has 162 valence electrons. The van der Waals surface area contributed by atoms with Crippen molar-refractivity contribution < 1.29 is 13.2 Å². The molecule has 0 atom stereocenters. The van der Waals surface area contributed by atoms with E-state index in [1.165, 1.54) is 0 Å². The maximum Gasteiger partial charge on any atom is 0.240 e. The number of hydrogen-bond donors (Lipinski definition) is 1. The minimum atomic E-state index is -3.69. The third-order valence-corrected chi connectivity index (χ3v) is 6.80. The first-order valence-corrected chi connectivity index (χ1v) is 11.9. The molecule has 0 bridgehead atoms. The molecule has 0 saturated carbocycles. The molecule has 0 aliphatic rings. The predicted octanol–water partition coefficient (Wildman–Crippen LogP) is 6.33. The van der Waals surface area contributed by atoms with Gasteiger partial charge < -0.3 is 4.74 Å². The van der Waals surface area contributed by atoms with Crippen LogP contribution in [0, 0.1) is 0 Å². The number of hydrogen-bond acceptors (Lipinski definition) is 4. The van der Waals surface area contributed by atoms with E-state index in [0.29, 0.717) is 21.7 Å². The van der Waals surface area contributed by atoms with Crippen LogP contribution >= 0.6 is 23.2 Å². The van der Waals surface area contributed by atoms with Crippen LogP contribution in [0.25, 0.3) is 11.1 Å². The number of pyridine rings is 1. The van der Waals surface area contributed by atoms with Gasteiger partial charge in [-0.1, -0.05) is 59.6 Å². The van der Waals surface area contributed by atoms with E-state index < -0.39 is 10.0 Å². The molecule has 0 fully saturated rings. The van der Waals surface area contributed by atoms with Crippen LogP contribution in [0.3, 0.4) is 0 Å². The van der Waals surface area contributed by atoms with Crippen LogP contribution in [-0.2, 0) is 16.6 Å². The first-order chi connectivity index (χ1) is 15.4. The summed E-state index contributed by atoms with van der Waals surface area (Å²) in [6.45, 7) is 0.121. The van der Waals surface area contributed by atoms with Crippen LogP contribution in [0.5, 0.6) is 11.6 Å². The van der Waals surface area contributed by atoms with Gasteiger partial charge in [0.25, 0.3) is 0 Å². The van der Waals surface area contributed by atoms with Crippen molar-refractivity contribution in [3.05, 3.63) is 107 Å².